The van der Waals surface area contributed by atoms with Gasteiger partial charge in [-0.05, 0) is 56.4 Å². The maximum absolute atomic E-state index is 3.48. The smallest absolute Gasteiger partial charge is 0.0458 e. The highest BCUT2D eigenvalue weighted by Gasteiger charge is 2.25. The molecule has 0 amide bonds. The van der Waals surface area contributed by atoms with Gasteiger partial charge in [0.1, 0.15) is 0 Å². The average Bonchev–Trinajstić information content (AvgIpc) is 2.65. The van der Waals surface area contributed by atoms with Gasteiger partial charge in [-0.1, -0.05) is 13.8 Å². The van der Waals surface area contributed by atoms with Crippen LogP contribution in [-0.4, -0.2) is 20.6 Å². The van der Waals surface area contributed by atoms with Crippen molar-refractivity contribution in [1.82, 2.24) is 10.6 Å². The Balaban J connectivity index is 2.90. The van der Waals surface area contributed by atoms with Gasteiger partial charge in [-0.3, -0.25) is 0 Å². The predicted molar refractivity (Wildman–Crippen MR) is 73.1 cm³/mol. The van der Waals surface area contributed by atoms with Crippen molar-refractivity contribution in [2.45, 2.75) is 26.8 Å². The molecule has 1 aromatic rings. The van der Waals surface area contributed by atoms with Crippen LogP contribution in [-0.2, 0) is 0 Å². The number of hydrogen-bond donors (Lipinski definition) is 2. The van der Waals surface area contributed by atoms with Crippen molar-refractivity contribution in [3.05, 3.63) is 21.9 Å². The van der Waals surface area contributed by atoms with Gasteiger partial charge in [0, 0.05) is 10.9 Å². The standard InChI is InChI=1S/C13H24N2S/c1-9(2)11(8-14-4)12(15-5)13-10(3)6-7-16-13/h6-7,9,11-12,14-15H,8H2,1-5H3. The number of aryl methyl sites for hydroxylation is 1. The number of thiophene rings is 1. The van der Waals surface area contributed by atoms with Crippen LogP contribution < -0.4 is 10.6 Å². The van der Waals surface area contributed by atoms with Crippen LogP contribution in [0.2, 0.25) is 0 Å². The fraction of sp³-hybridized carbons (Fsp3) is 0.692. The first-order chi connectivity index (χ1) is 7.61. The predicted octanol–water partition coefficient (Wildman–Crippen LogP) is 2.81. The summed E-state index contributed by atoms with van der Waals surface area (Å²) >= 11 is 1.86. The molecule has 0 saturated heterocycles. The van der Waals surface area contributed by atoms with Gasteiger partial charge in [-0.15, -0.1) is 11.3 Å². The van der Waals surface area contributed by atoms with E-state index in [0.717, 1.165) is 6.54 Å². The van der Waals surface area contributed by atoms with Gasteiger partial charge in [0.15, 0.2) is 0 Å². The molecule has 2 N–H and O–H groups in total. The molecular formula is C13H24N2S. The molecule has 16 heavy (non-hydrogen) atoms. The molecule has 0 aliphatic carbocycles. The minimum Gasteiger partial charge on any atom is -0.319 e. The van der Waals surface area contributed by atoms with E-state index in [1.807, 2.05) is 18.4 Å². The van der Waals surface area contributed by atoms with Crippen molar-refractivity contribution in [3.63, 3.8) is 0 Å². The van der Waals surface area contributed by atoms with Crippen LogP contribution in [0.15, 0.2) is 11.4 Å². The quantitative estimate of drug-likeness (QED) is 0.799. The molecule has 2 nitrogen and oxygen atoms in total. The fourth-order valence-corrected chi connectivity index (χ4v) is 3.33. The lowest BCUT2D eigenvalue weighted by Crippen LogP contribution is -2.35. The van der Waals surface area contributed by atoms with Gasteiger partial charge in [0.05, 0.1) is 0 Å². The van der Waals surface area contributed by atoms with Gasteiger partial charge < -0.3 is 10.6 Å². The van der Waals surface area contributed by atoms with Crippen LogP contribution in [0.25, 0.3) is 0 Å². The van der Waals surface area contributed by atoms with E-state index in [9.17, 15) is 0 Å². The van der Waals surface area contributed by atoms with Crippen molar-refractivity contribution in [2.24, 2.45) is 11.8 Å². The number of rotatable bonds is 6. The number of hydrogen-bond acceptors (Lipinski definition) is 3. The van der Waals surface area contributed by atoms with Crippen molar-refractivity contribution in [1.29, 1.82) is 0 Å². The third-order valence-corrected chi connectivity index (χ3v) is 4.32. The third-order valence-electron chi connectivity index (χ3n) is 3.22. The Kier molecular flexibility index (Phi) is 5.46. The summed E-state index contributed by atoms with van der Waals surface area (Å²) in [5.74, 6) is 1.30. The van der Waals surface area contributed by atoms with Crippen molar-refractivity contribution in [3.8, 4) is 0 Å². The van der Waals surface area contributed by atoms with E-state index in [2.05, 4.69) is 49.9 Å². The van der Waals surface area contributed by atoms with Crippen LogP contribution in [0.1, 0.15) is 30.3 Å². The normalized spacial score (nSPS) is 15.4. The third kappa shape index (κ3) is 3.06. The zero-order valence-corrected chi connectivity index (χ0v) is 11.8. The Hall–Kier alpha value is -0.380. The Morgan fingerprint density at radius 1 is 1.31 bits per heavy atom. The van der Waals surface area contributed by atoms with Crippen molar-refractivity contribution < 1.29 is 0 Å². The minimum atomic E-state index is 0.465. The Morgan fingerprint density at radius 2 is 2.00 bits per heavy atom. The molecule has 1 aromatic heterocycles. The summed E-state index contributed by atoms with van der Waals surface area (Å²) in [6.07, 6.45) is 0. The van der Waals surface area contributed by atoms with E-state index in [-0.39, 0.29) is 0 Å². The zero-order chi connectivity index (χ0) is 12.1. The van der Waals surface area contributed by atoms with Crippen molar-refractivity contribution in [2.75, 3.05) is 20.6 Å². The Labute approximate surface area is 103 Å². The van der Waals surface area contributed by atoms with Crippen LogP contribution in [0, 0.1) is 18.8 Å². The van der Waals surface area contributed by atoms with Crippen LogP contribution in [0.5, 0.6) is 0 Å². The molecule has 0 aromatic carbocycles. The van der Waals surface area contributed by atoms with Crippen molar-refractivity contribution >= 4 is 11.3 Å². The fourth-order valence-electron chi connectivity index (χ4n) is 2.22. The number of nitrogens with one attached hydrogen (secondary N) is 2. The molecule has 3 heteroatoms. The van der Waals surface area contributed by atoms with E-state index in [1.54, 1.807) is 0 Å². The van der Waals surface area contributed by atoms with E-state index < -0.39 is 0 Å². The van der Waals surface area contributed by atoms with Gasteiger partial charge in [0.2, 0.25) is 0 Å². The van der Waals surface area contributed by atoms with Gasteiger partial charge in [0.25, 0.3) is 0 Å². The van der Waals surface area contributed by atoms with E-state index in [1.165, 1.54) is 10.4 Å². The van der Waals surface area contributed by atoms with Gasteiger partial charge in [-0.25, -0.2) is 0 Å². The lowest BCUT2D eigenvalue weighted by molar-refractivity contribution is 0.287. The van der Waals surface area contributed by atoms with Crippen LogP contribution in [0.3, 0.4) is 0 Å². The average molecular weight is 240 g/mol. The van der Waals surface area contributed by atoms with Crippen LogP contribution in [0.4, 0.5) is 0 Å². The highest BCUT2D eigenvalue weighted by Crippen LogP contribution is 2.32. The van der Waals surface area contributed by atoms with Crippen LogP contribution >= 0.6 is 11.3 Å². The molecule has 0 aliphatic heterocycles. The molecule has 2 atom stereocenters. The van der Waals surface area contributed by atoms with Gasteiger partial charge in [-0.2, -0.15) is 0 Å². The summed E-state index contributed by atoms with van der Waals surface area (Å²) in [5.41, 5.74) is 1.41. The summed E-state index contributed by atoms with van der Waals surface area (Å²) in [4.78, 5) is 1.48. The summed E-state index contributed by atoms with van der Waals surface area (Å²) < 4.78 is 0. The molecule has 1 rings (SSSR count). The van der Waals surface area contributed by atoms with E-state index in [4.69, 9.17) is 0 Å². The van der Waals surface area contributed by atoms with Gasteiger partial charge >= 0.3 is 0 Å². The zero-order valence-electron chi connectivity index (χ0n) is 11.0. The first kappa shape index (κ1) is 13.7. The minimum absolute atomic E-state index is 0.465. The maximum Gasteiger partial charge on any atom is 0.0458 e. The molecule has 0 saturated carbocycles. The molecule has 92 valence electrons. The monoisotopic (exact) mass is 240 g/mol. The second-order valence-corrected chi connectivity index (χ2v) is 5.65. The molecule has 2 unspecified atom stereocenters. The summed E-state index contributed by atoms with van der Waals surface area (Å²) in [6, 6.07) is 2.67. The highest BCUT2D eigenvalue weighted by molar-refractivity contribution is 7.10. The van der Waals surface area contributed by atoms with E-state index in [0.29, 0.717) is 17.9 Å². The Morgan fingerprint density at radius 3 is 2.38 bits per heavy atom. The summed E-state index contributed by atoms with van der Waals surface area (Å²) in [5, 5.41) is 8.98. The second kappa shape index (κ2) is 6.38. The highest BCUT2D eigenvalue weighted by atomic mass is 32.1. The topological polar surface area (TPSA) is 24.1 Å². The lowest BCUT2D eigenvalue weighted by Gasteiger charge is -2.30. The first-order valence-corrected chi connectivity index (χ1v) is 6.85. The maximum atomic E-state index is 3.48. The molecule has 0 spiro atoms. The molecule has 0 aliphatic rings. The lowest BCUT2D eigenvalue weighted by atomic mass is 9.86. The SMILES string of the molecule is CNCC(C(C)C)C(NC)c1sccc1C. The summed E-state index contributed by atoms with van der Waals surface area (Å²) in [6.45, 7) is 7.86. The molecule has 0 bridgehead atoms. The molecule has 1 heterocycles. The molecule has 0 radical (unpaired) electrons. The molecular weight excluding hydrogens is 216 g/mol. The largest absolute Gasteiger partial charge is 0.319 e. The summed E-state index contributed by atoms with van der Waals surface area (Å²) in [7, 11) is 4.10. The molecule has 0 fully saturated rings. The Bertz CT molecular complexity index is 307. The second-order valence-electron chi connectivity index (χ2n) is 4.70. The first-order valence-electron chi connectivity index (χ1n) is 5.97. The van der Waals surface area contributed by atoms with E-state index >= 15 is 0 Å².